The first-order valence-corrected chi connectivity index (χ1v) is 11.8. The molecule has 4 rings (SSSR count). The van der Waals surface area contributed by atoms with Crippen LogP contribution in [0.4, 0.5) is 17.3 Å². The SMILES string of the molecule is O=S(=O)(CCOc1ccccc1)Nc1cnc(N2CCN(c3ccccc3)CC2)nc1. The quantitative estimate of drug-likeness (QED) is 0.577. The fraction of sp³-hybridized carbons (Fsp3) is 0.273. The third kappa shape index (κ3) is 5.85. The Morgan fingerprint density at radius 1 is 0.839 bits per heavy atom. The molecule has 2 aromatic carbocycles. The van der Waals surface area contributed by atoms with Crippen LogP contribution in [0.25, 0.3) is 0 Å². The van der Waals surface area contributed by atoms with Gasteiger partial charge in [-0.25, -0.2) is 18.4 Å². The minimum atomic E-state index is -3.56. The molecule has 0 amide bonds. The Morgan fingerprint density at radius 2 is 1.42 bits per heavy atom. The molecule has 1 fully saturated rings. The molecule has 3 aromatic rings. The van der Waals surface area contributed by atoms with Crippen molar-refractivity contribution in [2.75, 3.05) is 53.1 Å². The predicted octanol–water partition coefficient (Wildman–Crippen LogP) is 2.62. The third-order valence-corrected chi connectivity index (χ3v) is 6.21. The Labute approximate surface area is 182 Å². The Balaban J connectivity index is 1.27. The number of hydrogen-bond donors (Lipinski definition) is 1. The number of hydrogen-bond acceptors (Lipinski definition) is 7. The van der Waals surface area contributed by atoms with Crippen LogP contribution < -0.4 is 19.3 Å². The second kappa shape index (κ2) is 9.65. The van der Waals surface area contributed by atoms with E-state index in [1.165, 1.54) is 18.1 Å². The average molecular weight is 440 g/mol. The van der Waals surface area contributed by atoms with Gasteiger partial charge in [-0.15, -0.1) is 0 Å². The molecule has 1 aliphatic heterocycles. The molecular formula is C22H25N5O3S. The third-order valence-electron chi connectivity index (χ3n) is 4.96. The standard InChI is InChI=1S/C22H25N5O3S/c28-31(29,16-15-30-21-9-5-2-6-10-21)25-19-17-23-22(24-18-19)27-13-11-26(12-14-27)20-7-3-1-4-8-20/h1-10,17-18,25H,11-16H2. The van der Waals surface area contributed by atoms with Gasteiger partial charge in [-0.3, -0.25) is 4.72 Å². The highest BCUT2D eigenvalue weighted by molar-refractivity contribution is 7.92. The van der Waals surface area contributed by atoms with Crippen LogP contribution in [0.3, 0.4) is 0 Å². The molecule has 9 heteroatoms. The van der Waals surface area contributed by atoms with E-state index < -0.39 is 10.0 Å². The number of nitrogens with one attached hydrogen (secondary N) is 1. The van der Waals surface area contributed by atoms with Gasteiger partial charge in [0, 0.05) is 31.9 Å². The lowest BCUT2D eigenvalue weighted by Gasteiger charge is -2.36. The molecule has 0 radical (unpaired) electrons. The number of nitrogens with zero attached hydrogens (tertiary/aromatic N) is 4. The van der Waals surface area contributed by atoms with Crippen molar-refractivity contribution < 1.29 is 13.2 Å². The monoisotopic (exact) mass is 439 g/mol. The van der Waals surface area contributed by atoms with Crippen LogP contribution in [-0.4, -0.2) is 56.9 Å². The minimum Gasteiger partial charge on any atom is -0.492 e. The number of rotatable bonds is 8. The molecule has 31 heavy (non-hydrogen) atoms. The maximum atomic E-state index is 12.3. The van der Waals surface area contributed by atoms with Gasteiger partial charge in [0.2, 0.25) is 16.0 Å². The smallest absolute Gasteiger partial charge is 0.236 e. The van der Waals surface area contributed by atoms with Gasteiger partial charge < -0.3 is 14.5 Å². The lowest BCUT2D eigenvalue weighted by molar-refractivity contribution is 0.341. The van der Waals surface area contributed by atoms with Crippen molar-refractivity contribution in [3.63, 3.8) is 0 Å². The van der Waals surface area contributed by atoms with Crippen LogP contribution in [0, 0.1) is 0 Å². The lowest BCUT2D eigenvalue weighted by Crippen LogP contribution is -2.47. The van der Waals surface area contributed by atoms with Gasteiger partial charge in [0.05, 0.1) is 18.1 Å². The molecule has 1 saturated heterocycles. The first kappa shape index (κ1) is 20.9. The number of anilines is 3. The average Bonchev–Trinajstić information content (AvgIpc) is 2.81. The van der Waals surface area contributed by atoms with Crippen LogP contribution in [0.1, 0.15) is 0 Å². The van der Waals surface area contributed by atoms with Crippen molar-refractivity contribution >= 4 is 27.3 Å². The Morgan fingerprint density at radius 3 is 2.06 bits per heavy atom. The highest BCUT2D eigenvalue weighted by Gasteiger charge is 2.19. The summed E-state index contributed by atoms with van der Waals surface area (Å²) in [6.07, 6.45) is 3.00. The van der Waals surface area contributed by atoms with E-state index in [2.05, 4.69) is 36.6 Å². The summed E-state index contributed by atoms with van der Waals surface area (Å²) in [7, 11) is -3.56. The molecule has 162 valence electrons. The summed E-state index contributed by atoms with van der Waals surface area (Å²) in [5.41, 5.74) is 1.55. The van der Waals surface area contributed by atoms with Crippen molar-refractivity contribution in [1.29, 1.82) is 0 Å². The van der Waals surface area contributed by atoms with Gasteiger partial charge >= 0.3 is 0 Å². The number of sulfonamides is 1. The highest BCUT2D eigenvalue weighted by atomic mass is 32.2. The summed E-state index contributed by atoms with van der Waals surface area (Å²) in [5, 5.41) is 0. The van der Waals surface area contributed by atoms with E-state index in [4.69, 9.17) is 4.74 Å². The van der Waals surface area contributed by atoms with E-state index in [0.29, 0.717) is 17.4 Å². The zero-order chi connectivity index (χ0) is 21.5. The van der Waals surface area contributed by atoms with Gasteiger partial charge in [-0.1, -0.05) is 36.4 Å². The number of piperazine rings is 1. The van der Waals surface area contributed by atoms with Crippen LogP contribution in [0.5, 0.6) is 5.75 Å². The van der Waals surface area contributed by atoms with Crippen molar-refractivity contribution in [2.45, 2.75) is 0 Å². The summed E-state index contributed by atoms with van der Waals surface area (Å²) in [6.45, 7) is 3.42. The van der Waals surface area contributed by atoms with Crippen LogP contribution >= 0.6 is 0 Å². The van der Waals surface area contributed by atoms with E-state index in [1.807, 2.05) is 36.4 Å². The minimum absolute atomic E-state index is 0.0595. The van der Waals surface area contributed by atoms with Gasteiger partial charge in [0.1, 0.15) is 18.1 Å². The van der Waals surface area contributed by atoms with Gasteiger partial charge in [0.15, 0.2) is 0 Å². The zero-order valence-corrected chi connectivity index (χ0v) is 17.9. The van der Waals surface area contributed by atoms with Crippen molar-refractivity contribution in [2.24, 2.45) is 0 Å². The number of ether oxygens (including phenoxy) is 1. The molecule has 0 aliphatic carbocycles. The predicted molar refractivity (Wildman–Crippen MR) is 122 cm³/mol. The molecular weight excluding hydrogens is 414 g/mol. The molecule has 0 spiro atoms. The molecule has 1 aliphatic rings. The molecule has 1 aromatic heterocycles. The first-order valence-electron chi connectivity index (χ1n) is 10.1. The van der Waals surface area contributed by atoms with Gasteiger partial charge in [-0.2, -0.15) is 0 Å². The van der Waals surface area contributed by atoms with Gasteiger partial charge in [0.25, 0.3) is 0 Å². The molecule has 1 N–H and O–H groups in total. The molecule has 0 saturated carbocycles. The molecule has 0 unspecified atom stereocenters. The summed E-state index contributed by atoms with van der Waals surface area (Å²) >= 11 is 0. The summed E-state index contributed by atoms with van der Waals surface area (Å²) in [5.74, 6) is 1.08. The molecule has 8 nitrogen and oxygen atoms in total. The van der Waals surface area contributed by atoms with E-state index in [-0.39, 0.29) is 12.4 Å². The summed E-state index contributed by atoms with van der Waals surface area (Å²) < 4.78 is 32.5. The van der Waals surface area contributed by atoms with Crippen molar-refractivity contribution in [1.82, 2.24) is 9.97 Å². The van der Waals surface area contributed by atoms with Crippen molar-refractivity contribution in [3.05, 3.63) is 73.1 Å². The van der Waals surface area contributed by atoms with Crippen LogP contribution in [0.2, 0.25) is 0 Å². The van der Waals surface area contributed by atoms with E-state index in [1.54, 1.807) is 12.1 Å². The number of aromatic nitrogens is 2. The fourth-order valence-corrected chi connectivity index (χ4v) is 4.23. The first-order chi connectivity index (χ1) is 15.1. The number of benzene rings is 2. The largest absolute Gasteiger partial charge is 0.492 e. The van der Waals surface area contributed by atoms with Crippen LogP contribution in [0.15, 0.2) is 73.1 Å². The fourth-order valence-electron chi connectivity index (χ4n) is 3.36. The lowest BCUT2D eigenvalue weighted by atomic mass is 10.2. The van der Waals surface area contributed by atoms with Gasteiger partial charge in [-0.05, 0) is 24.3 Å². The maximum Gasteiger partial charge on any atom is 0.236 e. The molecule has 0 atom stereocenters. The summed E-state index contributed by atoms with van der Waals surface area (Å²) in [6, 6.07) is 19.4. The topological polar surface area (TPSA) is 87.7 Å². The van der Waals surface area contributed by atoms with E-state index in [0.717, 1.165) is 26.2 Å². The molecule has 0 bridgehead atoms. The number of para-hydroxylation sites is 2. The normalized spacial score (nSPS) is 14.3. The van der Waals surface area contributed by atoms with Crippen molar-refractivity contribution in [3.8, 4) is 5.75 Å². The zero-order valence-electron chi connectivity index (χ0n) is 17.1. The second-order valence-corrected chi connectivity index (χ2v) is 9.01. The maximum absolute atomic E-state index is 12.3. The molecule has 2 heterocycles. The second-order valence-electron chi connectivity index (χ2n) is 7.16. The van der Waals surface area contributed by atoms with E-state index >= 15 is 0 Å². The van der Waals surface area contributed by atoms with E-state index in [9.17, 15) is 8.42 Å². The Kier molecular flexibility index (Phi) is 6.51. The van der Waals surface area contributed by atoms with Crippen LogP contribution in [-0.2, 0) is 10.0 Å². The Hall–Kier alpha value is -3.33. The summed E-state index contributed by atoms with van der Waals surface area (Å²) in [4.78, 5) is 13.1. The highest BCUT2D eigenvalue weighted by Crippen LogP contribution is 2.18. The Bertz CT molecular complexity index is 1060.